The second-order valence-electron chi connectivity index (χ2n) is 11.5. The monoisotopic (exact) mass is 898 g/mol. The Balaban J connectivity index is -0.000000388. The van der Waals surface area contributed by atoms with E-state index >= 15 is 0 Å². The summed E-state index contributed by atoms with van der Waals surface area (Å²) in [5.41, 5.74) is 7.27. The molecule has 0 fully saturated rings. The highest BCUT2D eigenvalue weighted by atomic mass is 16.6. The molecule has 28 heteroatoms. The Kier molecular flexibility index (Phi) is 31.9. The van der Waals surface area contributed by atoms with Gasteiger partial charge in [0.2, 0.25) is 11.4 Å². The smallest absolute Gasteiger partial charge is 0.381 e. The Morgan fingerprint density at radius 1 is 0.694 bits per heavy atom. The van der Waals surface area contributed by atoms with Gasteiger partial charge in [0.05, 0.1) is 38.7 Å². The van der Waals surface area contributed by atoms with Gasteiger partial charge in [0.1, 0.15) is 12.1 Å². The molecule has 28 nitrogen and oxygen atoms in total. The van der Waals surface area contributed by atoms with E-state index in [-0.39, 0.29) is 37.9 Å². The normalized spacial score (nSPS) is 11.2. The van der Waals surface area contributed by atoms with Crippen molar-refractivity contribution in [2.45, 2.75) is 103 Å². The summed E-state index contributed by atoms with van der Waals surface area (Å²) < 4.78 is 25.8. The third-order valence-corrected chi connectivity index (χ3v) is 5.94. The molecule has 62 heavy (non-hydrogen) atoms. The van der Waals surface area contributed by atoms with E-state index in [1.54, 1.807) is 6.92 Å². The number of carboxylic acids is 5. The minimum Gasteiger partial charge on any atom is -0.481 e. The van der Waals surface area contributed by atoms with Crippen LogP contribution in [0.15, 0.2) is 12.2 Å². The van der Waals surface area contributed by atoms with Crippen LogP contribution in [0.5, 0.6) is 0 Å². The van der Waals surface area contributed by atoms with Gasteiger partial charge < -0.3 is 65.4 Å². The summed E-state index contributed by atoms with van der Waals surface area (Å²) in [5.74, 6) is -16.3. The molecule has 3 atom stereocenters. The molecule has 0 radical (unpaired) electrons. The molecule has 0 bridgehead atoms. The van der Waals surface area contributed by atoms with Crippen molar-refractivity contribution in [3.8, 4) is 0 Å². The third-order valence-electron chi connectivity index (χ3n) is 5.94. The molecule has 0 saturated carbocycles. The van der Waals surface area contributed by atoms with Gasteiger partial charge in [0, 0.05) is 25.8 Å². The highest BCUT2D eigenvalue weighted by Crippen LogP contribution is 2.23. The molecular formula is C34H46N2O26. The first-order valence-corrected chi connectivity index (χ1v) is 16.9. The van der Waals surface area contributed by atoms with Crippen molar-refractivity contribution < 1.29 is 126 Å². The minimum absolute atomic E-state index is 0.0995. The second-order valence-corrected chi connectivity index (χ2v) is 11.5. The number of hydrogen-bond acceptors (Lipinski definition) is 23. The number of Topliss-reactive ketones (excluding diaryl/α,β-unsaturated/α-hetero) is 1. The van der Waals surface area contributed by atoms with E-state index in [1.165, 1.54) is 6.92 Å². The molecule has 0 aromatic heterocycles. The van der Waals surface area contributed by atoms with Gasteiger partial charge in [-0.05, 0) is 27.2 Å². The third kappa shape index (κ3) is 32.5. The maximum Gasteiger partial charge on any atom is 0.381 e. The van der Waals surface area contributed by atoms with Gasteiger partial charge in [-0.25, -0.2) is 19.2 Å². The summed E-state index contributed by atoms with van der Waals surface area (Å²) in [5, 5.41) is 43.1. The number of esters is 8. The summed E-state index contributed by atoms with van der Waals surface area (Å²) in [6, 6.07) is -2.47. The van der Waals surface area contributed by atoms with Crippen molar-refractivity contribution >= 4 is 89.9 Å². The van der Waals surface area contributed by atoms with Crippen molar-refractivity contribution in [3.05, 3.63) is 12.2 Å². The van der Waals surface area contributed by atoms with Gasteiger partial charge in [-0.1, -0.05) is 6.58 Å². The van der Waals surface area contributed by atoms with E-state index in [9.17, 15) is 71.9 Å². The van der Waals surface area contributed by atoms with Crippen LogP contribution in [-0.2, 0) is 100 Å². The van der Waals surface area contributed by atoms with Crippen LogP contribution in [0.25, 0.3) is 0 Å². The second kappa shape index (κ2) is 32.4. The van der Waals surface area contributed by atoms with Crippen molar-refractivity contribution in [1.29, 1.82) is 0 Å². The number of ketones is 1. The molecule has 0 aromatic rings. The van der Waals surface area contributed by atoms with Crippen LogP contribution in [0.2, 0.25) is 0 Å². The largest absolute Gasteiger partial charge is 0.481 e. The summed E-state index contributed by atoms with van der Waals surface area (Å²) in [6.45, 7) is 9.60. The maximum atomic E-state index is 11.5. The highest BCUT2D eigenvalue weighted by molar-refractivity contribution is 6.34. The molecule has 0 heterocycles. The Hall–Kier alpha value is -7.49. The van der Waals surface area contributed by atoms with Gasteiger partial charge in [0.25, 0.3) is 0 Å². The number of nitrogens with two attached hydrogens (primary N) is 2. The lowest BCUT2D eigenvalue weighted by Gasteiger charge is -2.26. The van der Waals surface area contributed by atoms with Gasteiger partial charge in [-0.15, -0.1) is 0 Å². The van der Waals surface area contributed by atoms with E-state index in [0.29, 0.717) is 0 Å². The van der Waals surface area contributed by atoms with Crippen LogP contribution in [0, 0.1) is 0 Å². The maximum absolute atomic E-state index is 11.5. The number of hydrogen-bond donors (Lipinski definition) is 7. The lowest BCUT2D eigenvalue weighted by Crippen LogP contribution is -2.49. The van der Waals surface area contributed by atoms with Crippen LogP contribution in [0.4, 0.5) is 0 Å². The number of rotatable bonds is 22. The van der Waals surface area contributed by atoms with Crippen LogP contribution in [0.3, 0.4) is 0 Å². The highest BCUT2D eigenvalue weighted by Gasteiger charge is 2.47. The van der Waals surface area contributed by atoms with Crippen LogP contribution >= 0.6 is 0 Å². The molecule has 0 aliphatic carbocycles. The average Bonchev–Trinajstić information content (AvgIpc) is 3.12. The summed E-state index contributed by atoms with van der Waals surface area (Å²) >= 11 is 0. The zero-order valence-corrected chi connectivity index (χ0v) is 33.6. The molecule has 0 aliphatic heterocycles. The fourth-order valence-corrected chi connectivity index (χ4v) is 3.02. The Bertz CT molecular complexity index is 1680. The number of ether oxygens (including phenoxy) is 6. The number of carbonyl (C=O) groups excluding carboxylic acids is 10. The quantitative estimate of drug-likeness (QED) is 0.0148. The molecule has 348 valence electrons. The van der Waals surface area contributed by atoms with E-state index in [4.69, 9.17) is 37.0 Å². The zero-order chi connectivity index (χ0) is 49.5. The van der Waals surface area contributed by atoms with Gasteiger partial charge >= 0.3 is 84.1 Å². The molecule has 1 unspecified atom stereocenters. The number of carbonyl (C=O) groups is 15. The fourth-order valence-electron chi connectivity index (χ4n) is 3.02. The Morgan fingerprint density at radius 2 is 1.18 bits per heavy atom. The molecule has 0 spiro atoms. The summed E-state index contributed by atoms with van der Waals surface area (Å²) in [4.78, 5) is 160. The lowest BCUT2D eigenvalue weighted by molar-refractivity contribution is -0.186. The summed E-state index contributed by atoms with van der Waals surface area (Å²) in [6.07, 6.45) is -5.57. The first-order valence-electron chi connectivity index (χ1n) is 16.9. The Labute approximate surface area is 349 Å². The number of carboxylic acid groups (broad SMARTS) is 5. The predicted molar refractivity (Wildman–Crippen MR) is 193 cm³/mol. The summed E-state index contributed by atoms with van der Waals surface area (Å²) in [7, 11) is 0. The van der Waals surface area contributed by atoms with Gasteiger partial charge in [-0.2, -0.15) is 0 Å². The fraction of sp³-hybridized carbons (Fsp3) is 0.500. The van der Waals surface area contributed by atoms with Gasteiger partial charge in [0.15, 0.2) is 6.10 Å². The zero-order valence-electron chi connectivity index (χ0n) is 33.6. The minimum atomic E-state index is -2.66. The van der Waals surface area contributed by atoms with Crippen molar-refractivity contribution in [2.75, 3.05) is 6.61 Å². The number of aliphatic carboxylic acids is 5. The van der Waals surface area contributed by atoms with E-state index in [1.807, 2.05) is 0 Å². The predicted octanol–water partition coefficient (Wildman–Crippen LogP) is -2.45. The molecular weight excluding hydrogens is 852 g/mol. The molecule has 9 N–H and O–H groups in total. The first-order chi connectivity index (χ1) is 28.4. The Morgan fingerprint density at radius 3 is 1.53 bits per heavy atom. The van der Waals surface area contributed by atoms with E-state index in [2.05, 4.69) is 35.0 Å². The van der Waals surface area contributed by atoms with Crippen LogP contribution in [0.1, 0.15) is 79.6 Å². The average molecular weight is 899 g/mol. The van der Waals surface area contributed by atoms with E-state index < -0.39 is 133 Å². The molecule has 0 aromatic carbocycles. The van der Waals surface area contributed by atoms with Crippen molar-refractivity contribution in [3.63, 3.8) is 0 Å². The topological polar surface area (TPSA) is 465 Å². The van der Waals surface area contributed by atoms with Gasteiger partial charge in [-0.3, -0.25) is 52.7 Å². The van der Waals surface area contributed by atoms with Crippen molar-refractivity contribution in [1.82, 2.24) is 0 Å². The van der Waals surface area contributed by atoms with Crippen LogP contribution in [-0.4, -0.2) is 146 Å². The SMILES string of the molecule is C=C(CC(=O)O)C(=O)OC(C)C(=O)OC(=O)CC[C@H](N)C(=O)O.CC(=O)OC=O.CCOC(=O)CCC(=O)OC(=O)C(C)=O.C[C@H](N)C(=O)OC(CC(=O)O)(CC(=O)O)C(=O)O. The van der Waals surface area contributed by atoms with Crippen LogP contribution < -0.4 is 11.5 Å². The van der Waals surface area contributed by atoms with E-state index in [0.717, 1.165) is 20.8 Å². The lowest BCUT2D eigenvalue weighted by atomic mass is 9.95. The molecule has 0 amide bonds. The molecule has 0 rings (SSSR count). The molecule has 0 aliphatic rings. The standard InChI is InChI=1S/C13H17NO9.C9H13NO8.C9H12O6.C3H4O3/c1-6(5-9(15)16)12(20)22-7(2)13(21)23-10(17)4-3-8(14)11(18)19;1-4(10)7(15)18-9(8(16)17,2-5(11)12)3-6(13)14;1-3-14-7(11)4-5-8(12)15-9(13)6(2)10;1-3(5)6-2-4/h7-8H,1,3-5,14H2,2H3,(H,15,16)(H,18,19);4H,2-3,10H2,1H3,(H,11,12)(H,13,14)(H,16,17);3-5H2,1-2H3;2H,1H3/t7?,8-;4-;;/m00../s1. The first kappa shape index (κ1) is 61.2. The van der Waals surface area contributed by atoms with Crippen molar-refractivity contribution in [2.24, 2.45) is 11.5 Å². The molecule has 0 saturated heterocycles.